The Labute approximate surface area is 165 Å². The van der Waals surface area contributed by atoms with Crippen molar-refractivity contribution in [1.29, 1.82) is 0 Å². The molecule has 8 nitrogen and oxygen atoms in total. The SMILES string of the molecule is COc1ccc(OC)c(S(=O)(=O)N2CCC(Oc3cc(C)nc(C)n3)CC2)c1. The van der Waals surface area contributed by atoms with Gasteiger partial charge in [0.2, 0.25) is 15.9 Å². The van der Waals surface area contributed by atoms with Crippen LogP contribution in [0.25, 0.3) is 0 Å². The lowest BCUT2D eigenvalue weighted by molar-refractivity contribution is 0.129. The third-order valence-corrected chi connectivity index (χ3v) is 6.54. The third kappa shape index (κ3) is 4.36. The van der Waals surface area contributed by atoms with E-state index in [2.05, 4.69) is 9.97 Å². The molecule has 0 atom stereocenters. The van der Waals surface area contributed by atoms with Crippen LogP contribution in [0.15, 0.2) is 29.2 Å². The number of sulfonamides is 1. The number of benzene rings is 1. The summed E-state index contributed by atoms with van der Waals surface area (Å²) in [5, 5.41) is 0. The molecule has 0 bridgehead atoms. The maximum absolute atomic E-state index is 13.1. The van der Waals surface area contributed by atoms with Crippen LogP contribution in [0.5, 0.6) is 17.4 Å². The molecule has 152 valence electrons. The number of nitrogens with zero attached hydrogens (tertiary/aromatic N) is 3. The van der Waals surface area contributed by atoms with Crippen LogP contribution in [0, 0.1) is 13.8 Å². The number of ether oxygens (including phenoxy) is 3. The number of piperidine rings is 1. The fourth-order valence-electron chi connectivity index (χ4n) is 3.23. The normalized spacial score (nSPS) is 16.0. The molecular weight excluding hydrogens is 382 g/mol. The summed E-state index contributed by atoms with van der Waals surface area (Å²) >= 11 is 0. The van der Waals surface area contributed by atoms with E-state index in [-0.39, 0.29) is 11.0 Å². The molecule has 0 amide bonds. The van der Waals surface area contributed by atoms with Gasteiger partial charge in [0.15, 0.2) is 0 Å². The summed E-state index contributed by atoms with van der Waals surface area (Å²) in [5.41, 5.74) is 0.840. The highest BCUT2D eigenvalue weighted by Gasteiger charge is 2.32. The molecule has 1 saturated heterocycles. The first-order chi connectivity index (χ1) is 13.3. The summed E-state index contributed by atoms with van der Waals surface area (Å²) in [6, 6.07) is 6.55. The smallest absolute Gasteiger partial charge is 0.246 e. The van der Waals surface area contributed by atoms with Gasteiger partial charge in [0.25, 0.3) is 0 Å². The molecule has 0 radical (unpaired) electrons. The van der Waals surface area contributed by atoms with Gasteiger partial charge in [-0.05, 0) is 38.8 Å². The minimum atomic E-state index is -3.70. The van der Waals surface area contributed by atoms with E-state index in [1.54, 1.807) is 18.2 Å². The van der Waals surface area contributed by atoms with E-state index in [9.17, 15) is 8.42 Å². The van der Waals surface area contributed by atoms with Crippen LogP contribution in [-0.2, 0) is 10.0 Å². The Morgan fingerprint density at radius 2 is 1.75 bits per heavy atom. The summed E-state index contributed by atoms with van der Waals surface area (Å²) in [4.78, 5) is 8.63. The number of rotatable bonds is 6. The highest BCUT2D eigenvalue weighted by molar-refractivity contribution is 7.89. The van der Waals surface area contributed by atoms with Gasteiger partial charge in [-0.2, -0.15) is 9.29 Å². The van der Waals surface area contributed by atoms with Crippen LogP contribution in [0.3, 0.4) is 0 Å². The maximum atomic E-state index is 13.1. The molecule has 1 aliphatic heterocycles. The molecule has 9 heteroatoms. The first-order valence-corrected chi connectivity index (χ1v) is 10.5. The summed E-state index contributed by atoms with van der Waals surface area (Å²) in [6.07, 6.45) is 1.06. The number of methoxy groups -OCH3 is 2. The number of hydrogen-bond acceptors (Lipinski definition) is 7. The monoisotopic (exact) mass is 407 g/mol. The van der Waals surface area contributed by atoms with E-state index in [0.717, 1.165) is 5.69 Å². The molecule has 2 aromatic rings. The summed E-state index contributed by atoms with van der Waals surface area (Å²) in [6.45, 7) is 4.42. The van der Waals surface area contributed by atoms with Crippen LogP contribution in [0.2, 0.25) is 0 Å². The molecule has 0 aliphatic carbocycles. The minimum Gasteiger partial charge on any atom is -0.497 e. The second-order valence-electron chi connectivity index (χ2n) is 6.63. The fraction of sp³-hybridized carbons (Fsp3) is 0.474. The lowest BCUT2D eigenvalue weighted by atomic mass is 10.1. The van der Waals surface area contributed by atoms with Crippen LogP contribution in [0.4, 0.5) is 0 Å². The molecule has 2 heterocycles. The van der Waals surface area contributed by atoms with Crippen molar-refractivity contribution in [3.8, 4) is 17.4 Å². The minimum absolute atomic E-state index is 0.0904. The topological polar surface area (TPSA) is 90.9 Å². The van der Waals surface area contributed by atoms with Gasteiger partial charge in [-0.15, -0.1) is 0 Å². The Morgan fingerprint density at radius 3 is 2.36 bits per heavy atom. The van der Waals surface area contributed by atoms with Crippen molar-refractivity contribution in [3.05, 3.63) is 35.8 Å². The predicted octanol–water partition coefficient (Wildman–Crippen LogP) is 2.34. The molecule has 0 N–H and O–H groups in total. The second-order valence-corrected chi connectivity index (χ2v) is 8.54. The average Bonchev–Trinajstić information content (AvgIpc) is 2.67. The van der Waals surface area contributed by atoms with Crippen LogP contribution in [-0.4, -0.2) is 56.1 Å². The molecule has 0 spiro atoms. The molecule has 1 aromatic carbocycles. The largest absolute Gasteiger partial charge is 0.497 e. The van der Waals surface area contributed by atoms with Crippen molar-refractivity contribution in [2.45, 2.75) is 37.7 Å². The van der Waals surface area contributed by atoms with Gasteiger partial charge in [-0.1, -0.05) is 0 Å². The average molecular weight is 407 g/mol. The van der Waals surface area contributed by atoms with Gasteiger partial charge >= 0.3 is 0 Å². The standard InChI is InChI=1S/C19H25N3O5S/c1-13-11-19(21-14(2)20-13)27-15-7-9-22(10-8-15)28(23,24)18-12-16(25-3)5-6-17(18)26-4/h5-6,11-12,15H,7-10H2,1-4H3. The highest BCUT2D eigenvalue weighted by atomic mass is 32.2. The van der Waals surface area contributed by atoms with Gasteiger partial charge in [0, 0.05) is 30.9 Å². The second kappa shape index (κ2) is 8.32. The van der Waals surface area contributed by atoms with Crippen molar-refractivity contribution in [1.82, 2.24) is 14.3 Å². The molecule has 1 aromatic heterocycles. The van der Waals surface area contributed by atoms with Crippen LogP contribution in [0.1, 0.15) is 24.4 Å². The molecule has 28 heavy (non-hydrogen) atoms. The molecule has 0 unspecified atom stereocenters. The quantitative estimate of drug-likeness (QED) is 0.726. The highest BCUT2D eigenvalue weighted by Crippen LogP contribution is 2.32. The van der Waals surface area contributed by atoms with E-state index >= 15 is 0 Å². The lowest BCUT2D eigenvalue weighted by Crippen LogP contribution is -2.41. The van der Waals surface area contributed by atoms with E-state index in [0.29, 0.717) is 49.1 Å². The van der Waals surface area contributed by atoms with Crippen molar-refractivity contribution >= 4 is 10.0 Å². The van der Waals surface area contributed by atoms with Crippen molar-refractivity contribution in [2.75, 3.05) is 27.3 Å². The van der Waals surface area contributed by atoms with E-state index in [1.807, 2.05) is 13.8 Å². The Balaban J connectivity index is 1.72. The Hall–Kier alpha value is -2.39. The van der Waals surface area contributed by atoms with Gasteiger partial charge in [0.1, 0.15) is 28.3 Å². The lowest BCUT2D eigenvalue weighted by Gasteiger charge is -2.31. The van der Waals surface area contributed by atoms with Crippen LogP contribution >= 0.6 is 0 Å². The van der Waals surface area contributed by atoms with E-state index in [1.165, 1.54) is 24.6 Å². The molecule has 3 rings (SSSR count). The zero-order valence-electron chi connectivity index (χ0n) is 16.5. The Morgan fingerprint density at radius 1 is 1.04 bits per heavy atom. The first kappa shape index (κ1) is 20.3. The molecule has 1 fully saturated rings. The van der Waals surface area contributed by atoms with Gasteiger partial charge in [-0.25, -0.2) is 13.4 Å². The zero-order valence-corrected chi connectivity index (χ0v) is 17.3. The van der Waals surface area contributed by atoms with Crippen molar-refractivity contribution < 1.29 is 22.6 Å². The van der Waals surface area contributed by atoms with Crippen LogP contribution < -0.4 is 14.2 Å². The van der Waals surface area contributed by atoms with Gasteiger partial charge < -0.3 is 14.2 Å². The van der Waals surface area contributed by atoms with Crippen molar-refractivity contribution in [2.24, 2.45) is 0 Å². The summed E-state index contributed by atoms with van der Waals surface area (Å²) in [7, 11) is -0.751. The molecule has 1 aliphatic rings. The van der Waals surface area contributed by atoms with E-state index in [4.69, 9.17) is 14.2 Å². The molecular formula is C19H25N3O5S. The Kier molecular flexibility index (Phi) is 6.04. The number of aromatic nitrogens is 2. The first-order valence-electron chi connectivity index (χ1n) is 9.04. The fourth-order valence-corrected chi connectivity index (χ4v) is 4.87. The predicted molar refractivity (Wildman–Crippen MR) is 103 cm³/mol. The summed E-state index contributed by atoms with van der Waals surface area (Å²) in [5.74, 6) is 1.94. The maximum Gasteiger partial charge on any atom is 0.246 e. The van der Waals surface area contributed by atoms with Crippen molar-refractivity contribution in [3.63, 3.8) is 0 Å². The van der Waals surface area contributed by atoms with E-state index < -0.39 is 10.0 Å². The van der Waals surface area contributed by atoms with Gasteiger partial charge in [-0.3, -0.25) is 0 Å². The number of hydrogen-bond donors (Lipinski definition) is 0. The zero-order chi connectivity index (χ0) is 20.3. The van der Waals surface area contributed by atoms with Gasteiger partial charge in [0.05, 0.1) is 14.2 Å². The summed E-state index contributed by atoms with van der Waals surface area (Å²) < 4.78 is 44.1. The molecule has 0 saturated carbocycles. The Bertz CT molecular complexity index is 920. The third-order valence-electron chi connectivity index (χ3n) is 4.62. The number of aryl methyl sites for hydroxylation is 2.